The van der Waals surface area contributed by atoms with Crippen LogP contribution in [0.1, 0.15) is 41.0 Å². The SMILES string of the molecule is Cc1cccc(Cn2cccc2CN(C(=O)c2ccc(Cl)cc2)C(C)C)c1. The Morgan fingerprint density at radius 1 is 1.07 bits per heavy atom. The van der Waals surface area contributed by atoms with Gasteiger partial charge in [-0.3, -0.25) is 4.79 Å². The molecule has 3 nitrogen and oxygen atoms in total. The molecule has 140 valence electrons. The molecule has 0 aliphatic carbocycles. The van der Waals surface area contributed by atoms with Crippen LogP contribution in [0.15, 0.2) is 66.9 Å². The summed E-state index contributed by atoms with van der Waals surface area (Å²) < 4.78 is 2.21. The van der Waals surface area contributed by atoms with Gasteiger partial charge in [0.25, 0.3) is 5.91 Å². The maximum Gasteiger partial charge on any atom is 0.254 e. The Kier molecular flexibility index (Phi) is 6.02. The highest BCUT2D eigenvalue weighted by atomic mass is 35.5. The van der Waals surface area contributed by atoms with E-state index in [1.54, 1.807) is 24.3 Å². The van der Waals surface area contributed by atoms with Crippen LogP contribution >= 0.6 is 11.6 Å². The molecule has 0 spiro atoms. The number of hydrogen-bond acceptors (Lipinski definition) is 1. The number of aromatic nitrogens is 1. The summed E-state index contributed by atoms with van der Waals surface area (Å²) in [6.07, 6.45) is 2.07. The molecule has 0 aliphatic heterocycles. The number of amides is 1. The number of halogens is 1. The van der Waals surface area contributed by atoms with E-state index < -0.39 is 0 Å². The molecular formula is C23H25ClN2O. The standard InChI is InChI=1S/C23H25ClN2O/c1-17(2)26(23(27)20-9-11-21(24)12-10-20)16-22-8-5-13-25(22)15-19-7-4-6-18(3)14-19/h4-14,17H,15-16H2,1-3H3. The van der Waals surface area contributed by atoms with E-state index in [0.717, 1.165) is 12.2 Å². The number of nitrogens with zero attached hydrogens (tertiary/aromatic N) is 2. The number of benzene rings is 2. The van der Waals surface area contributed by atoms with Gasteiger partial charge in [-0.2, -0.15) is 0 Å². The van der Waals surface area contributed by atoms with Crippen molar-refractivity contribution in [2.45, 2.75) is 39.9 Å². The molecule has 4 heteroatoms. The van der Waals surface area contributed by atoms with Crippen molar-refractivity contribution in [1.82, 2.24) is 9.47 Å². The maximum atomic E-state index is 13.0. The fourth-order valence-corrected chi connectivity index (χ4v) is 3.30. The summed E-state index contributed by atoms with van der Waals surface area (Å²) in [5.74, 6) is 0.0185. The van der Waals surface area contributed by atoms with E-state index in [-0.39, 0.29) is 11.9 Å². The zero-order valence-electron chi connectivity index (χ0n) is 16.0. The van der Waals surface area contributed by atoms with E-state index in [2.05, 4.69) is 48.0 Å². The van der Waals surface area contributed by atoms with E-state index in [9.17, 15) is 4.79 Å². The van der Waals surface area contributed by atoms with E-state index in [1.165, 1.54) is 11.1 Å². The van der Waals surface area contributed by atoms with Gasteiger partial charge in [-0.15, -0.1) is 0 Å². The predicted molar refractivity (Wildman–Crippen MR) is 111 cm³/mol. The van der Waals surface area contributed by atoms with Gasteiger partial charge in [0.05, 0.1) is 6.54 Å². The number of rotatable bonds is 6. The third-order valence-electron chi connectivity index (χ3n) is 4.67. The summed E-state index contributed by atoms with van der Waals surface area (Å²) in [4.78, 5) is 14.9. The van der Waals surface area contributed by atoms with Gasteiger partial charge >= 0.3 is 0 Å². The first-order valence-corrected chi connectivity index (χ1v) is 9.58. The van der Waals surface area contributed by atoms with Gasteiger partial charge in [0.15, 0.2) is 0 Å². The first-order valence-electron chi connectivity index (χ1n) is 9.20. The second-order valence-corrected chi connectivity index (χ2v) is 7.59. The lowest BCUT2D eigenvalue weighted by atomic mass is 10.1. The normalized spacial score (nSPS) is 11.0. The predicted octanol–water partition coefficient (Wildman–Crippen LogP) is 5.55. The van der Waals surface area contributed by atoms with Gasteiger partial charge in [0.2, 0.25) is 0 Å². The van der Waals surface area contributed by atoms with E-state index >= 15 is 0 Å². The summed E-state index contributed by atoms with van der Waals surface area (Å²) in [7, 11) is 0. The van der Waals surface area contributed by atoms with Gasteiger partial charge in [-0.25, -0.2) is 0 Å². The van der Waals surface area contributed by atoms with Crippen LogP contribution in [0.3, 0.4) is 0 Å². The molecule has 3 aromatic rings. The molecule has 3 rings (SSSR count). The number of aryl methyl sites for hydroxylation is 1. The van der Waals surface area contributed by atoms with E-state index in [0.29, 0.717) is 17.1 Å². The molecule has 0 radical (unpaired) electrons. The molecule has 0 unspecified atom stereocenters. The lowest BCUT2D eigenvalue weighted by Gasteiger charge is -2.27. The Morgan fingerprint density at radius 2 is 1.81 bits per heavy atom. The second-order valence-electron chi connectivity index (χ2n) is 7.15. The molecule has 1 amide bonds. The van der Waals surface area contributed by atoms with Crippen LogP contribution < -0.4 is 0 Å². The first kappa shape index (κ1) is 19.2. The molecule has 0 fully saturated rings. The zero-order chi connectivity index (χ0) is 19.4. The Balaban J connectivity index is 1.80. The highest BCUT2D eigenvalue weighted by molar-refractivity contribution is 6.30. The van der Waals surface area contributed by atoms with Crippen LogP contribution in [0.25, 0.3) is 0 Å². The molecule has 0 saturated carbocycles. The molecule has 1 aromatic heterocycles. The fourth-order valence-electron chi connectivity index (χ4n) is 3.18. The van der Waals surface area contributed by atoms with Crippen molar-refractivity contribution < 1.29 is 4.79 Å². The maximum absolute atomic E-state index is 13.0. The molecular weight excluding hydrogens is 356 g/mol. The van der Waals surface area contributed by atoms with Crippen LogP contribution in [-0.4, -0.2) is 21.4 Å². The molecule has 0 N–H and O–H groups in total. The molecule has 0 bridgehead atoms. The third kappa shape index (κ3) is 4.81. The minimum Gasteiger partial charge on any atom is -0.345 e. The lowest BCUT2D eigenvalue weighted by Crippen LogP contribution is -2.37. The van der Waals surface area contributed by atoms with Crippen molar-refractivity contribution >= 4 is 17.5 Å². The average Bonchev–Trinajstić information content (AvgIpc) is 3.06. The molecule has 0 aliphatic rings. The summed E-state index contributed by atoms with van der Waals surface area (Å²) in [6, 6.07) is 19.8. The highest BCUT2D eigenvalue weighted by Crippen LogP contribution is 2.17. The summed E-state index contributed by atoms with van der Waals surface area (Å²) in [6.45, 7) is 7.55. The number of carbonyl (C=O) groups excluding carboxylic acids is 1. The van der Waals surface area contributed by atoms with Gasteiger partial charge in [-0.05, 0) is 62.7 Å². The summed E-state index contributed by atoms with van der Waals surface area (Å²) in [5.41, 5.74) is 4.29. The zero-order valence-corrected chi connectivity index (χ0v) is 16.8. The number of carbonyl (C=O) groups is 1. The monoisotopic (exact) mass is 380 g/mol. The van der Waals surface area contributed by atoms with Gasteiger partial charge in [0, 0.05) is 35.1 Å². The smallest absolute Gasteiger partial charge is 0.254 e. The fraction of sp³-hybridized carbons (Fsp3) is 0.261. The van der Waals surface area contributed by atoms with Crippen LogP contribution in [-0.2, 0) is 13.1 Å². The van der Waals surface area contributed by atoms with Crippen molar-refractivity contribution in [3.05, 3.63) is 94.3 Å². The van der Waals surface area contributed by atoms with Gasteiger partial charge in [0.1, 0.15) is 0 Å². The Morgan fingerprint density at radius 3 is 2.48 bits per heavy atom. The number of hydrogen-bond donors (Lipinski definition) is 0. The van der Waals surface area contributed by atoms with Crippen molar-refractivity contribution in [2.24, 2.45) is 0 Å². The van der Waals surface area contributed by atoms with Crippen molar-refractivity contribution in [1.29, 1.82) is 0 Å². The topological polar surface area (TPSA) is 25.2 Å². The second kappa shape index (κ2) is 8.45. The third-order valence-corrected chi connectivity index (χ3v) is 4.92. The van der Waals surface area contributed by atoms with Gasteiger partial charge in [-0.1, -0.05) is 41.4 Å². The highest BCUT2D eigenvalue weighted by Gasteiger charge is 2.20. The quantitative estimate of drug-likeness (QED) is 0.550. The molecule has 0 atom stereocenters. The molecule has 27 heavy (non-hydrogen) atoms. The van der Waals surface area contributed by atoms with Crippen molar-refractivity contribution in [3.8, 4) is 0 Å². The summed E-state index contributed by atoms with van der Waals surface area (Å²) >= 11 is 5.95. The van der Waals surface area contributed by atoms with E-state index in [4.69, 9.17) is 11.6 Å². The van der Waals surface area contributed by atoms with Crippen LogP contribution in [0.4, 0.5) is 0 Å². The lowest BCUT2D eigenvalue weighted by molar-refractivity contribution is 0.0686. The minimum atomic E-state index is 0.0185. The van der Waals surface area contributed by atoms with Crippen LogP contribution in [0.5, 0.6) is 0 Å². The Hall–Kier alpha value is -2.52. The molecule has 0 saturated heterocycles. The minimum absolute atomic E-state index is 0.0185. The van der Waals surface area contributed by atoms with Gasteiger partial charge < -0.3 is 9.47 Å². The largest absolute Gasteiger partial charge is 0.345 e. The van der Waals surface area contributed by atoms with Crippen LogP contribution in [0, 0.1) is 6.92 Å². The van der Waals surface area contributed by atoms with Crippen molar-refractivity contribution in [3.63, 3.8) is 0 Å². The summed E-state index contributed by atoms with van der Waals surface area (Å²) in [5, 5.41) is 0.634. The Bertz CT molecular complexity index is 912. The molecule has 2 aromatic carbocycles. The molecule has 1 heterocycles. The Labute approximate surface area is 166 Å². The van der Waals surface area contributed by atoms with Crippen molar-refractivity contribution in [2.75, 3.05) is 0 Å². The average molecular weight is 381 g/mol. The van der Waals surface area contributed by atoms with Crippen LogP contribution in [0.2, 0.25) is 5.02 Å². The first-order chi connectivity index (χ1) is 12.9. The van der Waals surface area contributed by atoms with E-state index in [1.807, 2.05) is 24.8 Å².